The van der Waals surface area contributed by atoms with Crippen LogP contribution in [0, 0.1) is 5.92 Å². The first-order chi connectivity index (χ1) is 11.1. The molecular formula is C18H17ClN2O2. The summed E-state index contributed by atoms with van der Waals surface area (Å²) in [6.07, 6.45) is 0.246. The molecule has 0 spiro atoms. The maximum atomic E-state index is 12.3. The lowest BCUT2D eigenvalue weighted by Crippen LogP contribution is -2.32. The highest BCUT2D eigenvalue weighted by Gasteiger charge is 2.34. The Morgan fingerprint density at radius 2 is 1.96 bits per heavy atom. The summed E-state index contributed by atoms with van der Waals surface area (Å²) in [5.74, 6) is -0.433. The van der Waals surface area contributed by atoms with E-state index in [2.05, 4.69) is 5.32 Å². The SMILES string of the molecule is O=C(NCc1cccc(Cl)c1)[C@H]1CC(=O)N(c2ccccc2)C1. The lowest BCUT2D eigenvalue weighted by atomic mass is 10.1. The highest BCUT2D eigenvalue weighted by atomic mass is 35.5. The topological polar surface area (TPSA) is 49.4 Å². The number of para-hydroxylation sites is 1. The minimum absolute atomic E-state index is 0.0147. The molecule has 1 aliphatic heterocycles. The second-order valence-corrected chi connectivity index (χ2v) is 6.03. The van der Waals surface area contributed by atoms with Gasteiger partial charge in [-0.2, -0.15) is 0 Å². The van der Waals surface area contributed by atoms with Gasteiger partial charge in [-0.15, -0.1) is 0 Å². The average Bonchev–Trinajstić information content (AvgIpc) is 2.95. The summed E-state index contributed by atoms with van der Waals surface area (Å²) in [5.41, 5.74) is 1.78. The van der Waals surface area contributed by atoms with Crippen LogP contribution in [-0.4, -0.2) is 18.4 Å². The highest BCUT2D eigenvalue weighted by Crippen LogP contribution is 2.25. The fourth-order valence-corrected chi connectivity index (χ4v) is 2.93. The predicted octanol–water partition coefficient (Wildman–Crippen LogP) is 3.01. The molecule has 0 saturated carbocycles. The van der Waals surface area contributed by atoms with E-state index in [1.54, 1.807) is 11.0 Å². The minimum atomic E-state index is -0.318. The molecular weight excluding hydrogens is 312 g/mol. The Bertz CT molecular complexity index is 718. The zero-order valence-electron chi connectivity index (χ0n) is 12.5. The zero-order chi connectivity index (χ0) is 16.2. The van der Waals surface area contributed by atoms with E-state index in [9.17, 15) is 9.59 Å². The van der Waals surface area contributed by atoms with Gasteiger partial charge in [0.2, 0.25) is 11.8 Å². The van der Waals surface area contributed by atoms with Crippen molar-refractivity contribution in [3.63, 3.8) is 0 Å². The normalized spacial score (nSPS) is 17.3. The van der Waals surface area contributed by atoms with Crippen molar-refractivity contribution in [3.05, 3.63) is 65.2 Å². The Morgan fingerprint density at radius 3 is 2.70 bits per heavy atom. The van der Waals surface area contributed by atoms with E-state index in [1.165, 1.54) is 0 Å². The van der Waals surface area contributed by atoms with Crippen LogP contribution in [0.25, 0.3) is 0 Å². The average molecular weight is 329 g/mol. The number of hydrogen-bond acceptors (Lipinski definition) is 2. The van der Waals surface area contributed by atoms with Gasteiger partial charge < -0.3 is 10.2 Å². The molecule has 2 aromatic carbocycles. The van der Waals surface area contributed by atoms with Gasteiger partial charge in [-0.3, -0.25) is 9.59 Å². The van der Waals surface area contributed by atoms with Crippen LogP contribution in [0.2, 0.25) is 5.02 Å². The van der Waals surface area contributed by atoms with Crippen LogP contribution < -0.4 is 10.2 Å². The fraction of sp³-hybridized carbons (Fsp3) is 0.222. The standard InChI is InChI=1S/C18H17ClN2O2/c19-15-6-4-5-13(9-15)11-20-18(23)14-10-17(22)21(12-14)16-7-2-1-3-8-16/h1-9,14H,10-12H2,(H,20,23)/t14-/m0/s1. The molecule has 0 aliphatic carbocycles. The lowest BCUT2D eigenvalue weighted by molar-refractivity contribution is -0.126. The lowest BCUT2D eigenvalue weighted by Gasteiger charge is -2.16. The van der Waals surface area contributed by atoms with Crippen LogP contribution in [0.5, 0.6) is 0 Å². The van der Waals surface area contributed by atoms with Gasteiger partial charge in [0, 0.05) is 30.2 Å². The second kappa shape index (κ2) is 6.84. The summed E-state index contributed by atoms with van der Waals surface area (Å²) in [5, 5.41) is 3.53. The monoisotopic (exact) mass is 328 g/mol. The number of amides is 2. The molecule has 5 heteroatoms. The third-order valence-electron chi connectivity index (χ3n) is 3.92. The van der Waals surface area contributed by atoms with E-state index in [-0.39, 0.29) is 24.2 Å². The first-order valence-corrected chi connectivity index (χ1v) is 7.89. The largest absolute Gasteiger partial charge is 0.352 e. The van der Waals surface area contributed by atoms with E-state index < -0.39 is 0 Å². The van der Waals surface area contributed by atoms with Crippen molar-refractivity contribution >= 4 is 29.1 Å². The van der Waals surface area contributed by atoms with Gasteiger partial charge in [0.1, 0.15) is 0 Å². The fourth-order valence-electron chi connectivity index (χ4n) is 2.72. The number of halogens is 1. The van der Waals surface area contributed by atoms with Crippen molar-refractivity contribution in [3.8, 4) is 0 Å². The smallest absolute Gasteiger partial charge is 0.227 e. The molecule has 0 radical (unpaired) electrons. The summed E-state index contributed by atoms with van der Waals surface area (Å²) in [6.45, 7) is 0.833. The first-order valence-electron chi connectivity index (χ1n) is 7.51. The van der Waals surface area contributed by atoms with Crippen molar-refractivity contribution in [2.24, 2.45) is 5.92 Å². The Hall–Kier alpha value is -2.33. The minimum Gasteiger partial charge on any atom is -0.352 e. The van der Waals surface area contributed by atoms with Crippen LogP contribution in [0.1, 0.15) is 12.0 Å². The highest BCUT2D eigenvalue weighted by molar-refractivity contribution is 6.30. The number of carbonyl (C=O) groups excluding carboxylic acids is 2. The molecule has 1 N–H and O–H groups in total. The first kappa shape index (κ1) is 15.6. The summed E-state index contributed by atoms with van der Waals surface area (Å²) in [4.78, 5) is 26.1. The number of benzene rings is 2. The van der Waals surface area contributed by atoms with Gasteiger partial charge in [-0.25, -0.2) is 0 Å². The second-order valence-electron chi connectivity index (χ2n) is 5.59. The third-order valence-corrected chi connectivity index (χ3v) is 4.15. The number of anilines is 1. The van der Waals surface area contributed by atoms with E-state index >= 15 is 0 Å². The quantitative estimate of drug-likeness (QED) is 0.938. The van der Waals surface area contributed by atoms with Crippen LogP contribution in [0.4, 0.5) is 5.69 Å². The molecule has 1 saturated heterocycles. The summed E-state index contributed by atoms with van der Waals surface area (Å²) in [7, 11) is 0. The Morgan fingerprint density at radius 1 is 1.17 bits per heavy atom. The Kier molecular flexibility index (Phi) is 4.63. The molecule has 1 atom stereocenters. The van der Waals surface area contributed by atoms with Crippen LogP contribution in [0.3, 0.4) is 0 Å². The van der Waals surface area contributed by atoms with Gasteiger partial charge in [0.25, 0.3) is 0 Å². The van der Waals surface area contributed by atoms with Crippen molar-refractivity contribution in [1.29, 1.82) is 0 Å². The molecule has 1 heterocycles. The van der Waals surface area contributed by atoms with Crippen LogP contribution in [-0.2, 0) is 16.1 Å². The van der Waals surface area contributed by atoms with Gasteiger partial charge >= 0.3 is 0 Å². The molecule has 4 nitrogen and oxygen atoms in total. The molecule has 118 valence electrons. The molecule has 0 bridgehead atoms. The maximum absolute atomic E-state index is 12.3. The third kappa shape index (κ3) is 3.71. The number of hydrogen-bond donors (Lipinski definition) is 1. The van der Waals surface area contributed by atoms with Crippen LogP contribution >= 0.6 is 11.6 Å². The molecule has 1 fully saturated rings. The van der Waals surface area contributed by atoms with Crippen molar-refractivity contribution < 1.29 is 9.59 Å². The van der Waals surface area contributed by atoms with Gasteiger partial charge in [-0.1, -0.05) is 41.9 Å². The summed E-state index contributed by atoms with van der Waals surface area (Å²) >= 11 is 5.93. The molecule has 23 heavy (non-hydrogen) atoms. The van der Waals surface area contributed by atoms with Gasteiger partial charge in [0.05, 0.1) is 5.92 Å². The van der Waals surface area contributed by atoms with E-state index in [4.69, 9.17) is 11.6 Å². The Balaban J connectivity index is 1.60. The predicted molar refractivity (Wildman–Crippen MR) is 90.2 cm³/mol. The van der Waals surface area contributed by atoms with Crippen molar-refractivity contribution in [2.45, 2.75) is 13.0 Å². The molecule has 2 amide bonds. The van der Waals surface area contributed by atoms with Crippen molar-refractivity contribution in [2.75, 3.05) is 11.4 Å². The van der Waals surface area contributed by atoms with Crippen molar-refractivity contribution in [1.82, 2.24) is 5.32 Å². The number of carbonyl (C=O) groups is 2. The Labute approximate surface area is 140 Å². The van der Waals surface area contributed by atoms with Gasteiger partial charge in [-0.05, 0) is 29.8 Å². The summed E-state index contributed by atoms with van der Waals surface area (Å²) < 4.78 is 0. The zero-order valence-corrected chi connectivity index (χ0v) is 13.3. The molecule has 2 aromatic rings. The molecule has 1 aliphatic rings. The van der Waals surface area contributed by atoms with E-state index in [0.717, 1.165) is 11.3 Å². The van der Waals surface area contributed by atoms with Gasteiger partial charge in [0.15, 0.2) is 0 Å². The van der Waals surface area contributed by atoms with Crippen LogP contribution in [0.15, 0.2) is 54.6 Å². The number of nitrogens with zero attached hydrogens (tertiary/aromatic N) is 1. The summed E-state index contributed by atoms with van der Waals surface area (Å²) in [6, 6.07) is 16.8. The maximum Gasteiger partial charge on any atom is 0.227 e. The number of nitrogens with one attached hydrogen (secondary N) is 1. The molecule has 3 rings (SSSR count). The van der Waals surface area contributed by atoms with E-state index in [1.807, 2.05) is 48.5 Å². The molecule has 0 aromatic heterocycles. The van der Waals surface area contributed by atoms with E-state index in [0.29, 0.717) is 18.1 Å². The number of rotatable bonds is 4. The molecule has 0 unspecified atom stereocenters.